The molecule has 0 saturated heterocycles. The summed E-state index contributed by atoms with van der Waals surface area (Å²) in [6.07, 6.45) is 9.73. The van der Waals surface area contributed by atoms with Crippen LogP contribution in [-0.4, -0.2) is 0 Å². The van der Waals surface area contributed by atoms with Gasteiger partial charge in [0.15, 0.2) is 0 Å². The van der Waals surface area contributed by atoms with Crippen LogP contribution in [0.2, 0.25) is 0 Å². The highest BCUT2D eigenvalue weighted by Gasteiger charge is 1.71. The van der Waals surface area contributed by atoms with E-state index in [1.54, 1.807) is 11.6 Å². The minimum Gasteiger partial charge on any atom is -0.0991 e. The van der Waals surface area contributed by atoms with Crippen molar-refractivity contribution in [3.8, 4) is 0 Å². The molecule has 0 fully saturated rings. The van der Waals surface area contributed by atoms with E-state index in [-0.39, 0.29) is 0 Å². The Kier molecular flexibility index (Phi) is 7.10. The van der Waals surface area contributed by atoms with Crippen LogP contribution in [0.25, 0.3) is 0 Å². The zero-order valence-corrected chi connectivity index (χ0v) is 6.14. The SMILES string of the molecule is C=CC=CCCC=CCl. The zero-order valence-electron chi connectivity index (χ0n) is 5.39. The molecule has 0 aromatic rings. The molecular formula is C8H11Cl. The van der Waals surface area contributed by atoms with Gasteiger partial charge in [0.2, 0.25) is 0 Å². The molecule has 0 N–H and O–H groups in total. The molecule has 0 amide bonds. The maximum atomic E-state index is 5.29. The molecule has 50 valence electrons. The van der Waals surface area contributed by atoms with Gasteiger partial charge in [-0.25, -0.2) is 0 Å². The van der Waals surface area contributed by atoms with Gasteiger partial charge in [-0.3, -0.25) is 0 Å². The lowest BCUT2D eigenvalue weighted by molar-refractivity contribution is 1.05. The van der Waals surface area contributed by atoms with E-state index in [4.69, 9.17) is 11.6 Å². The van der Waals surface area contributed by atoms with Gasteiger partial charge in [0.1, 0.15) is 0 Å². The van der Waals surface area contributed by atoms with Crippen LogP contribution in [-0.2, 0) is 0 Å². The van der Waals surface area contributed by atoms with Crippen molar-refractivity contribution in [1.29, 1.82) is 0 Å². The minimum absolute atomic E-state index is 1.01. The third-order valence-electron chi connectivity index (χ3n) is 0.861. The van der Waals surface area contributed by atoms with Crippen molar-refractivity contribution in [3.63, 3.8) is 0 Å². The fourth-order valence-electron chi connectivity index (χ4n) is 0.448. The van der Waals surface area contributed by atoms with Crippen molar-refractivity contribution < 1.29 is 0 Å². The third kappa shape index (κ3) is 7.51. The quantitative estimate of drug-likeness (QED) is 0.418. The van der Waals surface area contributed by atoms with E-state index in [9.17, 15) is 0 Å². The molecule has 0 spiro atoms. The number of hydrogen-bond acceptors (Lipinski definition) is 0. The van der Waals surface area contributed by atoms with Crippen LogP contribution < -0.4 is 0 Å². The van der Waals surface area contributed by atoms with Gasteiger partial charge in [-0.05, 0) is 12.8 Å². The van der Waals surface area contributed by atoms with Crippen LogP contribution in [0.15, 0.2) is 36.4 Å². The standard InChI is InChI=1S/C8H11Cl/c1-2-3-4-5-6-7-8-9/h2-4,7-8H,1,5-6H2. The average molecular weight is 143 g/mol. The average Bonchev–Trinajstić information content (AvgIpc) is 1.89. The van der Waals surface area contributed by atoms with Crippen LogP contribution >= 0.6 is 11.6 Å². The minimum atomic E-state index is 1.01. The van der Waals surface area contributed by atoms with Gasteiger partial charge < -0.3 is 0 Å². The Bertz CT molecular complexity index is 112. The summed E-state index contributed by atoms with van der Waals surface area (Å²) >= 11 is 5.29. The van der Waals surface area contributed by atoms with Crippen LogP contribution in [0, 0.1) is 0 Å². The Morgan fingerprint density at radius 1 is 1.22 bits per heavy atom. The lowest BCUT2D eigenvalue weighted by atomic mass is 10.3. The van der Waals surface area contributed by atoms with Gasteiger partial charge in [-0.1, -0.05) is 42.5 Å². The van der Waals surface area contributed by atoms with Gasteiger partial charge >= 0.3 is 0 Å². The number of rotatable bonds is 4. The van der Waals surface area contributed by atoms with E-state index in [0.29, 0.717) is 0 Å². The lowest BCUT2D eigenvalue weighted by Crippen LogP contribution is -1.60. The predicted octanol–water partition coefficient (Wildman–Crippen LogP) is 3.26. The summed E-state index contributed by atoms with van der Waals surface area (Å²) in [5.41, 5.74) is 1.54. The molecule has 0 aliphatic rings. The molecular weight excluding hydrogens is 132 g/mol. The predicted molar refractivity (Wildman–Crippen MR) is 43.6 cm³/mol. The number of unbranched alkanes of at least 4 members (excludes halogenated alkanes) is 1. The normalized spacial score (nSPS) is 11.2. The molecule has 0 aromatic carbocycles. The molecule has 0 nitrogen and oxygen atoms in total. The highest BCUT2D eigenvalue weighted by molar-refractivity contribution is 6.25. The van der Waals surface area contributed by atoms with Crippen molar-refractivity contribution in [2.75, 3.05) is 0 Å². The second-order valence-corrected chi connectivity index (χ2v) is 1.85. The third-order valence-corrected chi connectivity index (χ3v) is 1.04. The fraction of sp³-hybridized carbons (Fsp3) is 0.250. The molecule has 0 unspecified atom stereocenters. The molecule has 0 bridgehead atoms. The van der Waals surface area contributed by atoms with E-state index in [1.807, 2.05) is 12.2 Å². The topological polar surface area (TPSA) is 0 Å². The zero-order chi connectivity index (χ0) is 6.95. The summed E-state index contributed by atoms with van der Waals surface area (Å²) in [6, 6.07) is 0. The van der Waals surface area contributed by atoms with Crippen molar-refractivity contribution in [2.24, 2.45) is 0 Å². The maximum absolute atomic E-state index is 5.29. The van der Waals surface area contributed by atoms with Crippen molar-refractivity contribution >= 4 is 11.6 Å². The van der Waals surface area contributed by atoms with E-state index in [0.717, 1.165) is 12.8 Å². The van der Waals surface area contributed by atoms with Gasteiger partial charge in [0, 0.05) is 5.54 Å². The fourth-order valence-corrected chi connectivity index (χ4v) is 0.574. The first-order chi connectivity index (χ1) is 4.41. The summed E-state index contributed by atoms with van der Waals surface area (Å²) < 4.78 is 0. The maximum Gasteiger partial charge on any atom is 0.000256 e. The number of allylic oxidation sites excluding steroid dienone is 4. The molecule has 0 aromatic heterocycles. The van der Waals surface area contributed by atoms with E-state index in [1.165, 1.54) is 0 Å². The van der Waals surface area contributed by atoms with Gasteiger partial charge in [0.05, 0.1) is 0 Å². The summed E-state index contributed by atoms with van der Waals surface area (Å²) in [6.45, 7) is 3.55. The van der Waals surface area contributed by atoms with Crippen LogP contribution in [0.4, 0.5) is 0 Å². The smallest absolute Gasteiger partial charge is 0.000256 e. The lowest BCUT2D eigenvalue weighted by Gasteiger charge is -1.81. The van der Waals surface area contributed by atoms with Gasteiger partial charge in [-0.2, -0.15) is 0 Å². The Balaban J connectivity index is 3.08. The van der Waals surface area contributed by atoms with Gasteiger partial charge in [0.25, 0.3) is 0 Å². The van der Waals surface area contributed by atoms with E-state index >= 15 is 0 Å². The van der Waals surface area contributed by atoms with Gasteiger partial charge in [-0.15, -0.1) is 0 Å². The molecule has 0 aliphatic carbocycles. The van der Waals surface area contributed by atoms with Crippen LogP contribution in [0.3, 0.4) is 0 Å². The molecule has 1 heteroatoms. The summed E-state index contributed by atoms with van der Waals surface area (Å²) in [5, 5.41) is 0. The molecule has 0 rings (SSSR count). The van der Waals surface area contributed by atoms with Crippen LogP contribution in [0.5, 0.6) is 0 Å². The Morgan fingerprint density at radius 2 is 1.89 bits per heavy atom. The first kappa shape index (κ1) is 8.51. The monoisotopic (exact) mass is 142 g/mol. The second-order valence-electron chi connectivity index (χ2n) is 1.60. The summed E-state index contributed by atoms with van der Waals surface area (Å²) in [4.78, 5) is 0. The molecule has 0 aliphatic heterocycles. The van der Waals surface area contributed by atoms with E-state index < -0.39 is 0 Å². The number of hydrogen-bond donors (Lipinski definition) is 0. The molecule has 0 radical (unpaired) electrons. The molecule has 0 saturated carbocycles. The molecule has 0 heterocycles. The number of halogens is 1. The summed E-state index contributed by atoms with van der Waals surface area (Å²) in [7, 11) is 0. The largest absolute Gasteiger partial charge is 0.0991 e. The Labute approximate surface area is 61.5 Å². The Hall–Kier alpha value is -0.490. The molecule has 0 atom stereocenters. The second kappa shape index (κ2) is 7.51. The van der Waals surface area contributed by atoms with Crippen molar-refractivity contribution in [3.05, 3.63) is 36.4 Å². The van der Waals surface area contributed by atoms with Crippen molar-refractivity contribution in [1.82, 2.24) is 0 Å². The van der Waals surface area contributed by atoms with Crippen LogP contribution in [0.1, 0.15) is 12.8 Å². The Morgan fingerprint density at radius 3 is 2.44 bits per heavy atom. The molecule has 9 heavy (non-hydrogen) atoms. The first-order valence-electron chi connectivity index (χ1n) is 2.94. The highest BCUT2D eigenvalue weighted by Crippen LogP contribution is 1.93. The van der Waals surface area contributed by atoms with E-state index in [2.05, 4.69) is 12.7 Å². The first-order valence-corrected chi connectivity index (χ1v) is 3.38. The highest BCUT2D eigenvalue weighted by atomic mass is 35.5. The summed E-state index contributed by atoms with van der Waals surface area (Å²) in [5.74, 6) is 0. The van der Waals surface area contributed by atoms with Crippen molar-refractivity contribution in [2.45, 2.75) is 12.8 Å².